The number of aromatic nitrogens is 1. The number of carbonyl (C=O) groups excluding carboxylic acids is 1. The van der Waals surface area contributed by atoms with Crippen LogP contribution in [0.15, 0.2) is 24.5 Å². The number of hydrogen-bond acceptors (Lipinski definition) is 6. The van der Waals surface area contributed by atoms with Gasteiger partial charge in [0.05, 0.1) is 16.7 Å². The first-order valence-electron chi connectivity index (χ1n) is 7.93. The highest BCUT2D eigenvalue weighted by atomic mass is 32.2. The van der Waals surface area contributed by atoms with Crippen LogP contribution in [-0.4, -0.2) is 74.7 Å². The van der Waals surface area contributed by atoms with Gasteiger partial charge in [-0.3, -0.25) is 9.78 Å². The highest BCUT2D eigenvalue weighted by Crippen LogP contribution is 2.46. The molecule has 1 unspecified atom stereocenters. The van der Waals surface area contributed by atoms with Crippen LogP contribution in [0.25, 0.3) is 0 Å². The average molecular weight is 424 g/mol. The average Bonchev–Trinajstić information content (AvgIpc) is 2.98. The van der Waals surface area contributed by atoms with Crippen molar-refractivity contribution in [1.82, 2.24) is 9.88 Å². The van der Waals surface area contributed by atoms with E-state index >= 15 is 0 Å². The van der Waals surface area contributed by atoms with E-state index in [4.69, 9.17) is 14.6 Å². The zero-order chi connectivity index (χ0) is 20.1. The van der Waals surface area contributed by atoms with Crippen molar-refractivity contribution in [2.75, 3.05) is 30.9 Å². The Labute approximate surface area is 162 Å². The molecular formula is C16H19F3N2O4S2. The van der Waals surface area contributed by atoms with Gasteiger partial charge in [0.15, 0.2) is 0 Å². The van der Waals surface area contributed by atoms with Crippen molar-refractivity contribution < 1.29 is 32.6 Å². The Morgan fingerprint density at radius 1 is 1.48 bits per heavy atom. The minimum atomic E-state index is -5.08. The zero-order valence-electron chi connectivity index (χ0n) is 14.4. The third kappa shape index (κ3) is 6.20. The summed E-state index contributed by atoms with van der Waals surface area (Å²) in [5, 5.41) is 7.12. The second-order valence-electron chi connectivity index (χ2n) is 6.11. The molecule has 0 saturated carbocycles. The number of amides is 1. The summed E-state index contributed by atoms with van der Waals surface area (Å²) >= 11 is 3.54. The van der Waals surface area contributed by atoms with Crippen LogP contribution in [0.5, 0.6) is 5.75 Å². The van der Waals surface area contributed by atoms with E-state index in [1.54, 1.807) is 24.2 Å². The van der Waals surface area contributed by atoms with Gasteiger partial charge in [0.1, 0.15) is 11.9 Å². The number of aliphatic carboxylic acids is 1. The van der Waals surface area contributed by atoms with Crippen LogP contribution in [0, 0.1) is 0 Å². The second kappa shape index (κ2) is 9.05. The number of nitrogens with zero attached hydrogens (tertiary/aromatic N) is 2. The van der Waals surface area contributed by atoms with Crippen LogP contribution in [-0.2, 0) is 9.59 Å². The molecule has 0 aliphatic carbocycles. The molecule has 2 saturated heterocycles. The first-order valence-corrected chi connectivity index (χ1v) is 10.3. The zero-order valence-corrected chi connectivity index (χ0v) is 16.1. The molecule has 27 heavy (non-hydrogen) atoms. The molecule has 0 bridgehead atoms. The maximum atomic E-state index is 11.8. The minimum absolute atomic E-state index is 0.237. The summed E-state index contributed by atoms with van der Waals surface area (Å²) in [4.78, 5) is 26.7. The first-order chi connectivity index (χ1) is 12.6. The van der Waals surface area contributed by atoms with Crippen LogP contribution in [0.1, 0.15) is 6.42 Å². The molecule has 0 aromatic carbocycles. The van der Waals surface area contributed by atoms with Crippen molar-refractivity contribution in [2.45, 2.75) is 23.4 Å². The number of likely N-dealkylation sites (tertiary alicyclic amines) is 1. The molecule has 1 spiro atoms. The molecule has 0 radical (unpaired) electrons. The predicted octanol–water partition coefficient (Wildman–Crippen LogP) is 2.54. The Bertz CT molecular complexity index is 655. The molecule has 3 heterocycles. The van der Waals surface area contributed by atoms with Gasteiger partial charge >= 0.3 is 12.1 Å². The standard InChI is InChI=1S/C14H18N2O2S2.C2HF3O2/c1-19-8-13(17)16-9-14(10-16)5-12(7-20-14)18-11-3-2-4-15-6-11;3-2(4,5)1(6)7/h2-4,6,12H,5,7-10H2,1H3;(H,6,7). The lowest BCUT2D eigenvalue weighted by Crippen LogP contribution is -2.61. The Hall–Kier alpha value is -1.62. The van der Waals surface area contributed by atoms with Gasteiger partial charge in [-0.2, -0.15) is 24.9 Å². The van der Waals surface area contributed by atoms with E-state index in [9.17, 15) is 18.0 Å². The van der Waals surface area contributed by atoms with E-state index in [0.29, 0.717) is 5.75 Å². The lowest BCUT2D eigenvalue weighted by molar-refractivity contribution is -0.192. The van der Waals surface area contributed by atoms with Gasteiger partial charge in [0.25, 0.3) is 0 Å². The minimum Gasteiger partial charge on any atom is -0.488 e. The van der Waals surface area contributed by atoms with E-state index in [2.05, 4.69) is 4.98 Å². The fourth-order valence-electron chi connectivity index (χ4n) is 2.75. The number of carboxylic acids is 1. The Balaban J connectivity index is 0.000000321. The topological polar surface area (TPSA) is 79.7 Å². The van der Waals surface area contributed by atoms with E-state index in [0.717, 1.165) is 31.0 Å². The largest absolute Gasteiger partial charge is 0.490 e. The van der Waals surface area contributed by atoms with E-state index < -0.39 is 12.1 Å². The molecule has 2 aliphatic rings. The Morgan fingerprint density at radius 2 is 2.15 bits per heavy atom. The summed E-state index contributed by atoms with van der Waals surface area (Å²) < 4.78 is 37.9. The van der Waals surface area contributed by atoms with Crippen LogP contribution in [0.3, 0.4) is 0 Å². The van der Waals surface area contributed by atoms with E-state index in [1.807, 2.05) is 35.1 Å². The van der Waals surface area contributed by atoms with Gasteiger partial charge in [0.2, 0.25) is 5.91 Å². The number of carboxylic acid groups (broad SMARTS) is 1. The third-order valence-corrected chi connectivity index (χ3v) is 6.04. The molecule has 1 N–H and O–H groups in total. The first kappa shape index (κ1) is 21.7. The molecule has 1 aromatic heterocycles. The molecule has 1 aromatic rings. The predicted molar refractivity (Wildman–Crippen MR) is 97.1 cm³/mol. The van der Waals surface area contributed by atoms with Gasteiger partial charge < -0.3 is 14.7 Å². The van der Waals surface area contributed by atoms with Crippen molar-refractivity contribution >= 4 is 35.4 Å². The van der Waals surface area contributed by atoms with Crippen LogP contribution < -0.4 is 4.74 Å². The van der Waals surface area contributed by atoms with Gasteiger partial charge in [-0.25, -0.2) is 4.79 Å². The normalized spacial score (nSPS) is 20.4. The molecule has 3 rings (SSSR count). The van der Waals surface area contributed by atoms with Gasteiger partial charge in [-0.15, -0.1) is 11.8 Å². The maximum Gasteiger partial charge on any atom is 0.490 e. The number of alkyl halides is 3. The smallest absolute Gasteiger partial charge is 0.488 e. The molecule has 1 amide bonds. The summed E-state index contributed by atoms with van der Waals surface area (Å²) in [6, 6.07) is 3.83. The number of hydrogen-bond donors (Lipinski definition) is 1. The summed E-state index contributed by atoms with van der Waals surface area (Å²) in [6.45, 7) is 1.76. The van der Waals surface area contributed by atoms with Crippen molar-refractivity contribution in [1.29, 1.82) is 0 Å². The van der Waals surface area contributed by atoms with E-state index in [-0.39, 0.29) is 16.8 Å². The summed E-state index contributed by atoms with van der Waals surface area (Å²) in [7, 11) is 0. The van der Waals surface area contributed by atoms with Gasteiger partial charge in [0, 0.05) is 31.5 Å². The molecule has 2 aliphatic heterocycles. The Kier molecular flexibility index (Phi) is 7.26. The fraction of sp³-hybridized carbons (Fsp3) is 0.562. The van der Waals surface area contributed by atoms with Crippen LogP contribution in [0.4, 0.5) is 13.2 Å². The molecule has 11 heteroatoms. The highest BCUT2D eigenvalue weighted by Gasteiger charge is 2.51. The number of ether oxygens (including phenoxy) is 1. The number of carbonyl (C=O) groups is 2. The molecule has 150 valence electrons. The highest BCUT2D eigenvalue weighted by molar-refractivity contribution is 8.01. The maximum absolute atomic E-state index is 11.8. The number of pyridine rings is 1. The van der Waals surface area contributed by atoms with Crippen molar-refractivity contribution in [3.05, 3.63) is 24.5 Å². The fourth-order valence-corrected chi connectivity index (χ4v) is 4.70. The second-order valence-corrected chi connectivity index (χ2v) is 8.47. The quantitative estimate of drug-likeness (QED) is 0.796. The van der Waals surface area contributed by atoms with Crippen LogP contribution >= 0.6 is 23.5 Å². The molecule has 1 atom stereocenters. The van der Waals surface area contributed by atoms with Crippen LogP contribution in [0.2, 0.25) is 0 Å². The molecular weight excluding hydrogens is 405 g/mol. The number of halogens is 3. The summed E-state index contributed by atoms with van der Waals surface area (Å²) in [6.07, 6.45) is 1.65. The molecule has 6 nitrogen and oxygen atoms in total. The monoisotopic (exact) mass is 424 g/mol. The SMILES string of the molecule is CSCC(=O)N1CC2(CC(Oc3cccnc3)CS2)C1.O=C(O)C(F)(F)F. The van der Waals surface area contributed by atoms with Crippen molar-refractivity contribution in [3.63, 3.8) is 0 Å². The number of rotatable bonds is 4. The van der Waals surface area contributed by atoms with Gasteiger partial charge in [-0.1, -0.05) is 0 Å². The number of thioether (sulfide) groups is 2. The third-order valence-electron chi connectivity index (χ3n) is 3.93. The van der Waals surface area contributed by atoms with Gasteiger partial charge in [-0.05, 0) is 18.4 Å². The van der Waals surface area contributed by atoms with Crippen molar-refractivity contribution in [3.8, 4) is 5.75 Å². The lowest BCUT2D eigenvalue weighted by Gasteiger charge is -2.47. The van der Waals surface area contributed by atoms with E-state index in [1.165, 1.54) is 0 Å². The van der Waals surface area contributed by atoms with Crippen molar-refractivity contribution in [2.24, 2.45) is 0 Å². The Morgan fingerprint density at radius 3 is 2.67 bits per heavy atom. The molecule has 2 fully saturated rings. The summed E-state index contributed by atoms with van der Waals surface area (Å²) in [5.74, 6) is -0.0619. The lowest BCUT2D eigenvalue weighted by atomic mass is 9.93. The summed E-state index contributed by atoms with van der Waals surface area (Å²) in [5.41, 5.74) is 0.